The fraction of sp³-hybridized carbons (Fsp3) is 0.174. The minimum absolute atomic E-state index is 0.0861. The van der Waals surface area contributed by atoms with E-state index in [9.17, 15) is 13.2 Å². The van der Waals surface area contributed by atoms with Crippen molar-refractivity contribution in [3.05, 3.63) is 94.5 Å². The third kappa shape index (κ3) is 6.42. The number of thioether (sulfide) groups is 1. The maximum Gasteiger partial charge on any atom is 0.264 e. The van der Waals surface area contributed by atoms with E-state index in [2.05, 4.69) is 5.32 Å². The summed E-state index contributed by atoms with van der Waals surface area (Å²) < 4.78 is 27.6. The van der Waals surface area contributed by atoms with Gasteiger partial charge in [-0.2, -0.15) is 11.8 Å². The average Bonchev–Trinajstić information content (AvgIpc) is 2.79. The van der Waals surface area contributed by atoms with Crippen LogP contribution in [-0.4, -0.2) is 33.2 Å². The summed E-state index contributed by atoms with van der Waals surface area (Å²) in [4.78, 5) is 12.7. The van der Waals surface area contributed by atoms with Crippen LogP contribution in [0.15, 0.2) is 83.8 Å². The number of carbonyl (C=O) groups excluding carboxylic acids is 1. The highest BCUT2D eigenvalue weighted by molar-refractivity contribution is 7.98. The topological polar surface area (TPSA) is 66.5 Å². The highest BCUT2D eigenvalue weighted by Gasteiger charge is 2.28. The van der Waals surface area contributed by atoms with Crippen molar-refractivity contribution in [2.75, 3.05) is 23.1 Å². The fourth-order valence-corrected chi connectivity index (χ4v) is 5.81. The van der Waals surface area contributed by atoms with Crippen molar-refractivity contribution in [1.29, 1.82) is 0 Å². The van der Waals surface area contributed by atoms with E-state index in [0.717, 1.165) is 15.6 Å². The number of hydrogen-bond acceptors (Lipinski definition) is 4. The molecule has 0 aliphatic carbocycles. The zero-order chi connectivity index (χ0) is 23.0. The molecule has 0 spiro atoms. The molecule has 3 aromatic carbocycles. The molecule has 0 saturated heterocycles. The van der Waals surface area contributed by atoms with Gasteiger partial charge in [0.25, 0.3) is 10.0 Å². The highest BCUT2D eigenvalue weighted by atomic mass is 35.5. The Morgan fingerprint density at radius 3 is 2.19 bits per heavy atom. The molecule has 1 amide bonds. The van der Waals surface area contributed by atoms with Crippen molar-refractivity contribution in [1.82, 2.24) is 5.32 Å². The van der Waals surface area contributed by atoms with Crippen LogP contribution in [0.3, 0.4) is 0 Å². The van der Waals surface area contributed by atoms with Gasteiger partial charge >= 0.3 is 0 Å². The lowest BCUT2D eigenvalue weighted by Gasteiger charge is -2.25. The average molecular weight is 509 g/mol. The van der Waals surface area contributed by atoms with Gasteiger partial charge in [0.2, 0.25) is 5.91 Å². The van der Waals surface area contributed by atoms with Crippen LogP contribution in [0.4, 0.5) is 5.69 Å². The summed E-state index contributed by atoms with van der Waals surface area (Å²) in [6.45, 7) is 0.0197. The first kappa shape index (κ1) is 24.5. The Morgan fingerprint density at radius 1 is 0.875 bits per heavy atom. The lowest BCUT2D eigenvalue weighted by atomic mass is 10.2. The van der Waals surface area contributed by atoms with Gasteiger partial charge in [0.1, 0.15) is 6.54 Å². The minimum atomic E-state index is -3.98. The number of nitrogens with one attached hydrogen (secondary N) is 1. The predicted octanol–water partition coefficient (Wildman–Crippen LogP) is 5.24. The molecule has 0 atom stereocenters. The Morgan fingerprint density at radius 2 is 1.50 bits per heavy atom. The smallest absolute Gasteiger partial charge is 0.264 e. The zero-order valence-electron chi connectivity index (χ0n) is 17.1. The number of hydrogen-bond donors (Lipinski definition) is 1. The molecule has 9 heteroatoms. The van der Waals surface area contributed by atoms with Gasteiger partial charge in [-0.3, -0.25) is 9.10 Å². The van der Waals surface area contributed by atoms with Gasteiger partial charge in [0.15, 0.2) is 0 Å². The quantitative estimate of drug-likeness (QED) is 0.380. The van der Waals surface area contributed by atoms with Crippen LogP contribution >= 0.6 is 35.0 Å². The molecule has 1 N–H and O–H groups in total. The Labute approximate surface area is 202 Å². The van der Waals surface area contributed by atoms with Crippen LogP contribution < -0.4 is 9.62 Å². The van der Waals surface area contributed by atoms with Crippen molar-refractivity contribution in [3.63, 3.8) is 0 Å². The van der Waals surface area contributed by atoms with E-state index in [1.807, 2.05) is 24.3 Å². The number of sulfonamides is 1. The molecule has 0 saturated carbocycles. The van der Waals surface area contributed by atoms with E-state index in [0.29, 0.717) is 17.3 Å². The molecule has 0 aliphatic heterocycles. The molecule has 0 aliphatic rings. The van der Waals surface area contributed by atoms with E-state index in [-0.39, 0.29) is 22.2 Å². The Hall–Kier alpha value is -2.19. The molecule has 3 rings (SSSR count). The summed E-state index contributed by atoms with van der Waals surface area (Å²) >= 11 is 14.0. The number of benzene rings is 3. The number of rotatable bonds is 10. The molecule has 5 nitrogen and oxygen atoms in total. The van der Waals surface area contributed by atoms with Gasteiger partial charge in [-0.1, -0.05) is 71.7 Å². The summed E-state index contributed by atoms with van der Waals surface area (Å²) in [6.07, 6.45) is 0. The lowest BCUT2D eigenvalue weighted by Crippen LogP contribution is -2.41. The van der Waals surface area contributed by atoms with E-state index < -0.39 is 15.9 Å². The van der Waals surface area contributed by atoms with Gasteiger partial charge < -0.3 is 5.32 Å². The molecule has 0 fully saturated rings. The first-order chi connectivity index (χ1) is 15.4. The Kier molecular flexibility index (Phi) is 8.87. The monoisotopic (exact) mass is 508 g/mol. The van der Waals surface area contributed by atoms with Crippen molar-refractivity contribution >= 4 is 56.6 Å². The number of nitrogens with zero attached hydrogens (tertiary/aromatic N) is 1. The first-order valence-corrected chi connectivity index (χ1v) is 13.1. The van der Waals surface area contributed by atoms with E-state index in [1.54, 1.807) is 54.2 Å². The largest absolute Gasteiger partial charge is 0.354 e. The Balaban J connectivity index is 1.64. The number of amides is 1. The number of anilines is 1. The van der Waals surface area contributed by atoms with Gasteiger partial charge in [-0.05, 0) is 35.9 Å². The SMILES string of the molecule is O=C(CN(c1ccccc1Cl)S(=O)(=O)c1ccccc1)NCCSCc1ccccc1Cl. The van der Waals surface area contributed by atoms with Gasteiger partial charge in [0.05, 0.1) is 15.6 Å². The normalized spacial score (nSPS) is 11.2. The predicted molar refractivity (Wildman–Crippen MR) is 133 cm³/mol. The van der Waals surface area contributed by atoms with Crippen LogP contribution in [0.1, 0.15) is 5.56 Å². The highest BCUT2D eigenvalue weighted by Crippen LogP contribution is 2.30. The number of para-hydroxylation sites is 1. The summed E-state index contributed by atoms with van der Waals surface area (Å²) in [5.41, 5.74) is 1.28. The molecule has 3 aromatic rings. The second-order valence-corrected chi connectivity index (χ2v) is 10.6. The van der Waals surface area contributed by atoms with E-state index >= 15 is 0 Å². The lowest BCUT2D eigenvalue weighted by molar-refractivity contribution is -0.119. The van der Waals surface area contributed by atoms with Crippen LogP contribution in [0.5, 0.6) is 0 Å². The first-order valence-electron chi connectivity index (χ1n) is 9.80. The van der Waals surface area contributed by atoms with Crippen LogP contribution in [0.25, 0.3) is 0 Å². The third-order valence-corrected chi connectivity index (χ3v) is 7.99. The van der Waals surface area contributed by atoms with Gasteiger partial charge in [-0.25, -0.2) is 8.42 Å². The van der Waals surface area contributed by atoms with Crippen LogP contribution in [0.2, 0.25) is 10.0 Å². The molecule has 0 heterocycles. The second kappa shape index (κ2) is 11.6. The molecular weight excluding hydrogens is 487 g/mol. The minimum Gasteiger partial charge on any atom is -0.354 e. The molecule has 32 heavy (non-hydrogen) atoms. The molecule has 168 valence electrons. The van der Waals surface area contributed by atoms with Crippen LogP contribution in [0, 0.1) is 0 Å². The summed E-state index contributed by atoms with van der Waals surface area (Å²) in [5, 5.41) is 3.74. The summed E-state index contributed by atoms with van der Waals surface area (Å²) in [5.74, 6) is 0.973. The molecule has 0 aromatic heterocycles. The van der Waals surface area contributed by atoms with E-state index in [4.69, 9.17) is 23.2 Å². The third-order valence-electron chi connectivity index (χ3n) is 4.52. The fourth-order valence-electron chi connectivity index (χ4n) is 2.92. The van der Waals surface area contributed by atoms with Crippen molar-refractivity contribution < 1.29 is 13.2 Å². The van der Waals surface area contributed by atoms with Crippen molar-refractivity contribution in [3.8, 4) is 0 Å². The van der Waals surface area contributed by atoms with Gasteiger partial charge in [-0.15, -0.1) is 0 Å². The molecular formula is C23H22Cl2N2O3S2. The maximum absolute atomic E-state index is 13.3. The zero-order valence-corrected chi connectivity index (χ0v) is 20.2. The maximum atomic E-state index is 13.3. The molecule has 0 unspecified atom stereocenters. The molecule has 0 bridgehead atoms. The number of carbonyl (C=O) groups is 1. The summed E-state index contributed by atoms with van der Waals surface area (Å²) in [7, 11) is -3.98. The van der Waals surface area contributed by atoms with Crippen molar-refractivity contribution in [2.45, 2.75) is 10.6 Å². The van der Waals surface area contributed by atoms with Crippen LogP contribution in [-0.2, 0) is 20.6 Å². The Bertz CT molecular complexity index is 1160. The van der Waals surface area contributed by atoms with Crippen molar-refractivity contribution in [2.24, 2.45) is 0 Å². The summed E-state index contributed by atoms with van der Waals surface area (Å²) in [6, 6.07) is 22.1. The van der Waals surface area contributed by atoms with Gasteiger partial charge in [0, 0.05) is 23.1 Å². The number of halogens is 2. The standard InChI is InChI=1S/C23H22Cl2N2O3S2/c24-20-11-5-4-8-18(20)17-31-15-14-26-23(28)16-27(22-13-7-6-12-21(22)25)32(29,30)19-9-2-1-3-10-19/h1-13H,14-17H2,(H,26,28). The second-order valence-electron chi connectivity index (χ2n) is 6.77. The molecule has 0 radical (unpaired) electrons. The van der Waals surface area contributed by atoms with E-state index in [1.165, 1.54) is 12.1 Å².